The van der Waals surface area contributed by atoms with Crippen LogP contribution in [0.25, 0.3) is 0 Å². The fraction of sp³-hybridized carbons (Fsp3) is 0.357. The van der Waals surface area contributed by atoms with Crippen LogP contribution in [0.4, 0.5) is 0 Å². The SMILES string of the molecule is Clc1ccc(Sc2c[nH]nc2C2CCNCC2)cc1. The summed E-state index contributed by atoms with van der Waals surface area (Å²) in [6.45, 7) is 2.17. The van der Waals surface area contributed by atoms with E-state index in [4.69, 9.17) is 11.6 Å². The standard InChI is InChI=1S/C14H16ClN3S/c15-11-1-3-12(4-2-11)19-13-9-17-18-14(13)10-5-7-16-8-6-10/h1-4,9-10,16H,5-8H2,(H,17,18). The molecule has 0 radical (unpaired) electrons. The summed E-state index contributed by atoms with van der Waals surface area (Å²) in [4.78, 5) is 2.43. The molecule has 1 aliphatic rings. The number of halogens is 1. The van der Waals surface area contributed by atoms with Gasteiger partial charge in [-0.15, -0.1) is 0 Å². The van der Waals surface area contributed by atoms with Crippen molar-refractivity contribution in [3.63, 3.8) is 0 Å². The minimum absolute atomic E-state index is 0.572. The first-order valence-electron chi connectivity index (χ1n) is 6.51. The van der Waals surface area contributed by atoms with E-state index in [9.17, 15) is 0 Å². The van der Waals surface area contributed by atoms with Crippen LogP contribution in [0.1, 0.15) is 24.5 Å². The zero-order valence-electron chi connectivity index (χ0n) is 10.5. The van der Waals surface area contributed by atoms with Crippen LogP contribution in [0, 0.1) is 0 Å². The molecule has 1 fully saturated rings. The van der Waals surface area contributed by atoms with Crippen LogP contribution in [-0.2, 0) is 0 Å². The van der Waals surface area contributed by atoms with Gasteiger partial charge in [-0.3, -0.25) is 5.10 Å². The van der Waals surface area contributed by atoms with Crippen molar-refractivity contribution in [1.29, 1.82) is 0 Å². The highest BCUT2D eigenvalue weighted by molar-refractivity contribution is 7.99. The molecule has 0 amide bonds. The molecule has 2 heterocycles. The molecule has 3 nitrogen and oxygen atoms in total. The Morgan fingerprint density at radius 3 is 2.63 bits per heavy atom. The summed E-state index contributed by atoms with van der Waals surface area (Å²) in [7, 11) is 0. The lowest BCUT2D eigenvalue weighted by Crippen LogP contribution is -2.27. The first-order valence-corrected chi connectivity index (χ1v) is 7.70. The molecule has 0 saturated carbocycles. The third kappa shape index (κ3) is 3.14. The van der Waals surface area contributed by atoms with Crippen molar-refractivity contribution in [2.24, 2.45) is 0 Å². The third-order valence-corrected chi connectivity index (χ3v) is 4.71. The second-order valence-electron chi connectivity index (χ2n) is 4.71. The highest BCUT2D eigenvalue weighted by atomic mass is 35.5. The molecular weight excluding hydrogens is 278 g/mol. The topological polar surface area (TPSA) is 40.7 Å². The smallest absolute Gasteiger partial charge is 0.0793 e. The molecule has 0 atom stereocenters. The Balaban J connectivity index is 1.77. The predicted molar refractivity (Wildman–Crippen MR) is 79.0 cm³/mol. The summed E-state index contributed by atoms with van der Waals surface area (Å²) < 4.78 is 0. The zero-order valence-corrected chi connectivity index (χ0v) is 12.1. The number of H-pyrrole nitrogens is 1. The van der Waals surface area contributed by atoms with E-state index in [1.165, 1.54) is 28.3 Å². The molecule has 5 heteroatoms. The summed E-state index contributed by atoms with van der Waals surface area (Å²) in [5.74, 6) is 0.572. The Kier molecular flexibility index (Phi) is 4.11. The molecule has 0 bridgehead atoms. The normalized spacial score (nSPS) is 16.7. The Hall–Kier alpha value is -0.970. The number of benzene rings is 1. The molecule has 3 rings (SSSR count). The number of hydrogen-bond acceptors (Lipinski definition) is 3. The molecule has 0 unspecified atom stereocenters. The summed E-state index contributed by atoms with van der Waals surface area (Å²) in [5.41, 5.74) is 1.21. The summed E-state index contributed by atoms with van der Waals surface area (Å²) in [6, 6.07) is 7.95. The van der Waals surface area contributed by atoms with Gasteiger partial charge in [0.2, 0.25) is 0 Å². The fourth-order valence-corrected chi connectivity index (χ4v) is 3.47. The van der Waals surface area contributed by atoms with Gasteiger partial charge in [-0.2, -0.15) is 5.10 Å². The lowest BCUT2D eigenvalue weighted by Gasteiger charge is -2.21. The van der Waals surface area contributed by atoms with Gasteiger partial charge in [0.05, 0.1) is 10.6 Å². The van der Waals surface area contributed by atoms with Crippen molar-refractivity contribution < 1.29 is 0 Å². The highest BCUT2D eigenvalue weighted by Gasteiger charge is 2.21. The van der Waals surface area contributed by atoms with Gasteiger partial charge in [-0.1, -0.05) is 23.4 Å². The van der Waals surface area contributed by atoms with E-state index < -0.39 is 0 Å². The van der Waals surface area contributed by atoms with Gasteiger partial charge in [0, 0.05) is 22.0 Å². The van der Waals surface area contributed by atoms with Gasteiger partial charge in [0.15, 0.2) is 0 Å². The molecule has 2 aromatic rings. The quantitative estimate of drug-likeness (QED) is 0.907. The maximum atomic E-state index is 5.91. The van der Waals surface area contributed by atoms with Gasteiger partial charge in [0.1, 0.15) is 0 Å². The molecule has 100 valence electrons. The van der Waals surface area contributed by atoms with Crippen LogP contribution < -0.4 is 5.32 Å². The van der Waals surface area contributed by atoms with E-state index in [1.54, 1.807) is 11.8 Å². The van der Waals surface area contributed by atoms with Gasteiger partial charge in [0.25, 0.3) is 0 Å². The molecule has 0 spiro atoms. The molecular formula is C14H16ClN3S. The highest BCUT2D eigenvalue weighted by Crippen LogP contribution is 2.35. The molecule has 0 aliphatic carbocycles. The minimum atomic E-state index is 0.572. The van der Waals surface area contributed by atoms with Crippen LogP contribution in [0.5, 0.6) is 0 Å². The van der Waals surface area contributed by atoms with Crippen molar-refractivity contribution in [3.8, 4) is 0 Å². The number of rotatable bonds is 3. The lowest BCUT2D eigenvalue weighted by atomic mass is 9.95. The first kappa shape index (κ1) is 13.0. The Bertz CT molecular complexity index is 532. The fourth-order valence-electron chi connectivity index (χ4n) is 2.39. The zero-order chi connectivity index (χ0) is 13.1. The van der Waals surface area contributed by atoms with E-state index in [1.807, 2.05) is 30.5 Å². The van der Waals surface area contributed by atoms with E-state index in [0.717, 1.165) is 18.1 Å². The van der Waals surface area contributed by atoms with Crippen LogP contribution in [0.15, 0.2) is 40.3 Å². The maximum Gasteiger partial charge on any atom is 0.0793 e. The van der Waals surface area contributed by atoms with Crippen molar-refractivity contribution in [2.75, 3.05) is 13.1 Å². The Labute approximate surface area is 122 Å². The molecule has 1 aromatic carbocycles. The molecule has 1 saturated heterocycles. The van der Waals surface area contributed by atoms with Crippen LogP contribution in [0.3, 0.4) is 0 Å². The average Bonchev–Trinajstić information content (AvgIpc) is 2.90. The van der Waals surface area contributed by atoms with Crippen molar-refractivity contribution in [2.45, 2.75) is 28.6 Å². The number of nitrogens with zero attached hydrogens (tertiary/aromatic N) is 1. The summed E-state index contributed by atoms with van der Waals surface area (Å²) >= 11 is 7.66. The lowest BCUT2D eigenvalue weighted by molar-refractivity contribution is 0.449. The summed E-state index contributed by atoms with van der Waals surface area (Å²) in [6.07, 6.45) is 4.33. The Morgan fingerprint density at radius 1 is 1.16 bits per heavy atom. The third-order valence-electron chi connectivity index (χ3n) is 3.40. The van der Waals surface area contributed by atoms with Crippen LogP contribution in [-0.4, -0.2) is 23.3 Å². The van der Waals surface area contributed by atoms with E-state index in [0.29, 0.717) is 5.92 Å². The minimum Gasteiger partial charge on any atom is -0.317 e. The summed E-state index contributed by atoms with van der Waals surface area (Å²) in [5, 5.41) is 11.6. The van der Waals surface area contributed by atoms with Crippen molar-refractivity contribution >= 4 is 23.4 Å². The number of piperidine rings is 1. The van der Waals surface area contributed by atoms with E-state index in [-0.39, 0.29) is 0 Å². The predicted octanol–water partition coefficient (Wildman–Crippen LogP) is 3.68. The van der Waals surface area contributed by atoms with Gasteiger partial charge >= 0.3 is 0 Å². The molecule has 1 aromatic heterocycles. The molecule has 2 N–H and O–H groups in total. The Morgan fingerprint density at radius 2 is 1.89 bits per heavy atom. The first-order chi connectivity index (χ1) is 9.33. The van der Waals surface area contributed by atoms with Crippen molar-refractivity contribution in [1.82, 2.24) is 15.5 Å². The number of aromatic nitrogens is 2. The number of hydrogen-bond donors (Lipinski definition) is 2. The molecule has 1 aliphatic heterocycles. The second kappa shape index (κ2) is 5.99. The monoisotopic (exact) mass is 293 g/mol. The van der Waals surface area contributed by atoms with E-state index >= 15 is 0 Å². The number of aromatic amines is 1. The molecule has 19 heavy (non-hydrogen) atoms. The van der Waals surface area contributed by atoms with Crippen LogP contribution in [0.2, 0.25) is 5.02 Å². The van der Waals surface area contributed by atoms with E-state index in [2.05, 4.69) is 15.5 Å². The van der Waals surface area contributed by atoms with Crippen LogP contribution >= 0.6 is 23.4 Å². The van der Waals surface area contributed by atoms with Gasteiger partial charge in [-0.25, -0.2) is 0 Å². The number of nitrogens with one attached hydrogen (secondary N) is 2. The van der Waals surface area contributed by atoms with Gasteiger partial charge < -0.3 is 5.32 Å². The maximum absolute atomic E-state index is 5.91. The largest absolute Gasteiger partial charge is 0.317 e. The average molecular weight is 294 g/mol. The van der Waals surface area contributed by atoms with Gasteiger partial charge in [-0.05, 0) is 50.2 Å². The van der Waals surface area contributed by atoms with Crippen molar-refractivity contribution in [3.05, 3.63) is 41.2 Å². The second-order valence-corrected chi connectivity index (χ2v) is 6.27.